The van der Waals surface area contributed by atoms with Gasteiger partial charge < -0.3 is 4.90 Å². The summed E-state index contributed by atoms with van der Waals surface area (Å²) in [6.45, 7) is 0.816. The Morgan fingerprint density at radius 2 is 2.60 bits per heavy atom. The average molecular weight is 178 g/mol. The van der Waals surface area contributed by atoms with Crippen LogP contribution in [0.2, 0.25) is 0 Å². The highest BCUT2D eigenvalue weighted by atomic mass is 35.5. The maximum absolute atomic E-state index is 5.53. The quantitative estimate of drug-likeness (QED) is 0.650. The highest BCUT2D eigenvalue weighted by Gasteiger charge is 2.01. The summed E-state index contributed by atoms with van der Waals surface area (Å²) < 4.78 is 0. The minimum Gasteiger partial charge on any atom is -0.349 e. The van der Waals surface area contributed by atoms with Crippen LogP contribution in [0, 0.1) is 0 Å². The molecule has 1 rings (SSSR count). The van der Waals surface area contributed by atoms with Crippen LogP contribution in [0.3, 0.4) is 0 Å². The van der Waals surface area contributed by atoms with E-state index in [1.165, 1.54) is 11.3 Å². The number of halogens is 1. The van der Waals surface area contributed by atoms with Gasteiger partial charge in [-0.15, -0.1) is 21.8 Å². The zero-order chi connectivity index (χ0) is 7.40. The van der Waals surface area contributed by atoms with Crippen molar-refractivity contribution in [1.82, 2.24) is 10.2 Å². The highest BCUT2D eigenvalue weighted by molar-refractivity contribution is 7.13. The maximum Gasteiger partial charge on any atom is 0.207 e. The molecule has 3 nitrogen and oxygen atoms in total. The molecular weight excluding hydrogens is 170 g/mol. The van der Waals surface area contributed by atoms with Crippen LogP contribution in [0.15, 0.2) is 5.51 Å². The monoisotopic (exact) mass is 177 g/mol. The van der Waals surface area contributed by atoms with Crippen molar-refractivity contribution in [2.24, 2.45) is 0 Å². The topological polar surface area (TPSA) is 29.0 Å². The van der Waals surface area contributed by atoms with E-state index in [2.05, 4.69) is 10.2 Å². The first-order chi connectivity index (χ1) is 4.84. The van der Waals surface area contributed by atoms with Gasteiger partial charge in [-0.25, -0.2) is 0 Å². The molecule has 0 aliphatic rings. The summed E-state index contributed by atoms with van der Waals surface area (Å²) in [5.74, 6) is 0.621. The predicted molar refractivity (Wildman–Crippen MR) is 43.9 cm³/mol. The Hall–Kier alpha value is -0.350. The van der Waals surface area contributed by atoms with E-state index in [4.69, 9.17) is 11.6 Å². The molecular formula is C5H8ClN3S. The van der Waals surface area contributed by atoms with Crippen LogP contribution in [0.4, 0.5) is 5.13 Å². The lowest BCUT2D eigenvalue weighted by Crippen LogP contribution is -2.19. The molecule has 0 bridgehead atoms. The van der Waals surface area contributed by atoms with Crippen LogP contribution < -0.4 is 4.90 Å². The van der Waals surface area contributed by atoms with Gasteiger partial charge in [0, 0.05) is 19.5 Å². The molecule has 0 fully saturated rings. The van der Waals surface area contributed by atoms with Gasteiger partial charge in [0.2, 0.25) is 5.13 Å². The Morgan fingerprint density at radius 3 is 3.10 bits per heavy atom. The third-order valence-corrected chi connectivity index (χ3v) is 2.07. The van der Waals surface area contributed by atoms with Crippen molar-refractivity contribution in [2.45, 2.75) is 0 Å². The normalized spacial score (nSPS) is 9.80. The van der Waals surface area contributed by atoms with Gasteiger partial charge in [0.1, 0.15) is 5.51 Å². The third-order valence-electron chi connectivity index (χ3n) is 1.10. The first kappa shape index (κ1) is 7.75. The molecule has 1 aromatic heterocycles. The van der Waals surface area contributed by atoms with E-state index in [1.807, 2.05) is 11.9 Å². The van der Waals surface area contributed by atoms with Crippen molar-refractivity contribution < 1.29 is 0 Å². The van der Waals surface area contributed by atoms with Gasteiger partial charge in [0.15, 0.2) is 0 Å². The minimum absolute atomic E-state index is 0.621. The number of alkyl halides is 1. The minimum atomic E-state index is 0.621. The Bertz CT molecular complexity index is 177. The van der Waals surface area contributed by atoms with Crippen molar-refractivity contribution in [2.75, 3.05) is 24.4 Å². The third kappa shape index (κ3) is 1.82. The zero-order valence-electron chi connectivity index (χ0n) is 5.62. The van der Waals surface area contributed by atoms with E-state index >= 15 is 0 Å². The van der Waals surface area contributed by atoms with Crippen molar-refractivity contribution in [3.05, 3.63) is 5.51 Å². The fourth-order valence-corrected chi connectivity index (χ4v) is 1.36. The van der Waals surface area contributed by atoms with Crippen LogP contribution in [-0.4, -0.2) is 29.7 Å². The SMILES string of the molecule is CN(CCCl)c1nncs1. The Kier molecular flexibility index (Phi) is 2.89. The fourth-order valence-electron chi connectivity index (χ4n) is 0.556. The standard InChI is InChI=1S/C5H8ClN3S/c1-9(3-2-6)5-8-7-4-10-5/h4H,2-3H2,1H3. The fraction of sp³-hybridized carbons (Fsp3) is 0.600. The van der Waals surface area contributed by atoms with E-state index in [0.717, 1.165) is 11.7 Å². The van der Waals surface area contributed by atoms with Crippen molar-refractivity contribution in [1.29, 1.82) is 0 Å². The van der Waals surface area contributed by atoms with Gasteiger partial charge in [-0.05, 0) is 0 Å². The lowest BCUT2D eigenvalue weighted by atomic mass is 10.7. The lowest BCUT2D eigenvalue weighted by molar-refractivity contribution is 0.933. The summed E-state index contributed by atoms with van der Waals surface area (Å²) >= 11 is 7.04. The summed E-state index contributed by atoms with van der Waals surface area (Å²) in [4.78, 5) is 1.98. The van der Waals surface area contributed by atoms with Gasteiger partial charge in [0.05, 0.1) is 0 Å². The van der Waals surface area contributed by atoms with E-state index in [-0.39, 0.29) is 0 Å². The highest BCUT2D eigenvalue weighted by Crippen LogP contribution is 2.12. The molecule has 5 heteroatoms. The molecule has 0 radical (unpaired) electrons. The molecule has 0 aliphatic heterocycles. The predicted octanol–water partition coefficient (Wildman–Crippen LogP) is 1.21. The van der Waals surface area contributed by atoms with E-state index in [0.29, 0.717) is 5.88 Å². The van der Waals surface area contributed by atoms with Crippen LogP contribution in [-0.2, 0) is 0 Å². The first-order valence-corrected chi connectivity index (χ1v) is 4.29. The van der Waals surface area contributed by atoms with Gasteiger partial charge in [-0.2, -0.15) is 0 Å². The number of hydrogen-bond acceptors (Lipinski definition) is 4. The number of aromatic nitrogens is 2. The number of hydrogen-bond donors (Lipinski definition) is 0. The molecule has 10 heavy (non-hydrogen) atoms. The van der Waals surface area contributed by atoms with E-state index < -0.39 is 0 Å². The number of anilines is 1. The van der Waals surface area contributed by atoms with Crippen LogP contribution in [0.1, 0.15) is 0 Å². The molecule has 0 atom stereocenters. The first-order valence-electron chi connectivity index (χ1n) is 2.88. The summed E-state index contributed by atoms with van der Waals surface area (Å²) in [7, 11) is 1.95. The molecule has 0 aliphatic carbocycles. The number of rotatable bonds is 3. The van der Waals surface area contributed by atoms with Gasteiger partial charge in [0.25, 0.3) is 0 Å². The Labute approximate surface area is 68.6 Å². The second-order valence-corrected chi connectivity index (χ2v) is 3.02. The Balaban J connectivity index is 2.50. The second-order valence-electron chi connectivity index (χ2n) is 1.83. The Morgan fingerprint density at radius 1 is 1.80 bits per heavy atom. The smallest absolute Gasteiger partial charge is 0.207 e. The van der Waals surface area contributed by atoms with Crippen LogP contribution in [0.25, 0.3) is 0 Å². The van der Waals surface area contributed by atoms with Crippen molar-refractivity contribution in [3.63, 3.8) is 0 Å². The average Bonchev–Trinajstić information content (AvgIpc) is 2.38. The van der Waals surface area contributed by atoms with E-state index in [1.54, 1.807) is 5.51 Å². The molecule has 0 unspecified atom stereocenters. The van der Waals surface area contributed by atoms with Gasteiger partial charge in [-0.1, -0.05) is 11.3 Å². The zero-order valence-corrected chi connectivity index (χ0v) is 7.19. The molecule has 0 N–H and O–H groups in total. The van der Waals surface area contributed by atoms with Crippen LogP contribution >= 0.6 is 22.9 Å². The van der Waals surface area contributed by atoms with Crippen molar-refractivity contribution in [3.8, 4) is 0 Å². The second kappa shape index (κ2) is 3.73. The molecule has 0 saturated heterocycles. The van der Waals surface area contributed by atoms with Gasteiger partial charge in [-0.3, -0.25) is 0 Å². The molecule has 1 aromatic rings. The summed E-state index contributed by atoms with van der Waals surface area (Å²) in [5.41, 5.74) is 1.71. The lowest BCUT2D eigenvalue weighted by Gasteiger charge is -2.11. The summed E-state index contributed by atoms with van der Waals surface area (Å²) in [5, 5.41) is 8.50. The largest absolute Gasteiger partial charge is 0.349 e. The van der Waals surface area contributed by atoms with Crippen molar-refractivity contribution >= 4 is 28.1 Å². The molecule has 56 valence electrons. The van der Waals surface area contributed by atoms with Gasteiger partial charge >= 0.3 is 0 Å². The van der Waals surface area contributed by atoms with Crippen LogP contribution in [0.5, 0.6) is 0 Å². The molecule has 0 spiro atoms. The maximum atomic E-state index is 5.53. The summed E-state index contributed by atoms with van der Waals surface area (Å²) in [6, 6.07) is 0. The summed E-state index contributed by atoms with van der Waals surface area (Å²) in [6.07, 6.45) is 0. The molecule has 0 amide bonds. The molecule has 1 heterocycles. The van der Waals surface area contributed by atoms with E-state index in [9.17, 15) is 0 Å². The molecule has 0 saturated carbocycles. The number of nitrogens with zero attached hydrogens (tertiary/aromatic N) is 3. The molecule has 0 aromatic carbocycles.